The van der Waals surface area contributed by atoms with Gasteiger partial charge in [0, 0.05) is 0 Å². The number of methoxy groups -OCH3 is 2. The van der Waals surface area contributed by atoms with E-state index in [4.69, 9.17) is 21.1 Å². The van der Waals surface area contributed by atoms with Crippen molar-refractivity contribution in [3.8, 4) is 11.5 Å². The van der Waals surface area contributed by atoms with Crippen LogP contribution in [0.4, 0.5) is 10.5 Å². The van der Waals surface area contributed by atoms with E-state index in [1.807, 2.05) is 0 Å². The number of carbonyl (C=O) groups is 4. The Labute approximate surface area is 194 Å². The molecular weight excluding hydrogens is 452 g/mol. The first-order chi connectivity index (χ1) is 15.8. The van der Waals surface area contributed by atoms with Crippen molar-refractivity contribution >= 4 is 47.2 Å². The van der Waals surface area contributed by atoms with Gasteiger partial charge >= 0.3 is 12.0 Å². The van der Waals surface area contributed by atoms with Crippen LogP contribution in [0.2, 0.25) is 5.02 Å². The van der Waals surface area contributed by atoms with Crippen molar-refractivity contribution in [2.24, 2.45) is 0 Å². The largest absolute Gasteiger partial charge is 0.493 e. The summed E-state index contributed by atoms with van der Waals surface area (Å²) in [5, 5.41) is 2.32. The van der Waals surface area contributed by atoms with Crippen molar-refractivity contribution in [1.82, 2.24) is 5.32 Å². The summed E-state index contributed by atoms with van der Waals surface area (Å²) in [6.45, 7) is 3.77. The molecule has 1 fully saturated rings. The molecule has 2 aromatic carbocycles. The molecule has 3 rings (SSSR count). The second-order valence-electron chi connectivity index (χ2n) is 6.63. The molecule has 0 radical (unpaired) electrons. The third kappa shape index (κ3) is 4.88. The minimum atomic E-state index is -0.920. The first kappa shape index (κ1) is 23.6. The standard InChI is InChI=1S/C23H19ClN2O7/c1-4-9-33-19-17(24)11-13(12-18(19)31-2)10-16-20(27)25-23(30)26(21(16)28)15-7-5-14(6-8-15)22(29)32-3/h4-8,10-12H,1,9H2,2-3H3,(H,25,27,30)/b16-10+. The van der Waals surface area contributed by atoms with Gasteiger partial charge in [-0.25, -0.2) is 14.5 Å². The summed E-state index contributed by atoms with van der Waals surface area (Å²) in [6.07, 6.45) is 2.83. The molecule has 1 aliphatic heterocycles. The minimum Gasteiger partial charge on any atom is -0.493 e. The number of esters is 1. The molecule has 0 bridgehead atoms. The van der Waals surface area contributed by atoms with E-state index in [0.29, 0.717) is 5.56 Å². The van der Waals surface area contributed by atoms with E-state index in [-0.39, 0.29) is 40.0 Å². The highest BCUT2D eigenvalue weighted by Gasteiger charge is 2.37. The summed E-state index contributed by atoms with van der Waals surface area (Å²) in [7, 11) is 2.65. The lowest BCUT2D eigenvalue weighted by Crippen LogP contribution is -2.54. The fourth-order valence-corrected chi connectivity index (χ4v) is 3.30. The molecule has 0 aromatic heterocycles. The lowest BCUT2D eigenvalue weighted by Gasteiger charge is -2.26. The number of halogens is 1. The Balaban J connectivity index is 1.98. The number of imide groups is 2. The molecule has 1 saturated heterocycles. The lowest BCUT2D eigenvalue weighted by molar-refractivity contribution is -0.122. The zero-order chi connectivity index (χ0) is 24.1. The van der Waals surface area contributed by atoms with Crippen LogP contribution in [0.5, 0.6) is 11.5 Å². The number of ether oxygens (including phenoxy) is 3. The molecular formula is C23H19ClN2O7. The number of nitrogens with one attached hydrogen (secondary N) is 1. The van der Waals surface area contributed by atoms with Crippen LogP contribution in [0.15, 0.2) is 54.6 Å². The van der Waals surface area contributed by atoms with Gasteiger partial charge in [-0.05, 0) is 48.0 Å². The number of amides is 4. The van der Waals surface area contributed by atoms with Crippen LogP contribution in [0.3, 0.4) is 0 Å². The molecule has 4 amide bonds. The molecule has 10 heteroatoms. The van der Waals surface area contributed by atoms with Crippen LogP contribution in [0, 0.1) is 0 Å². The fourth-order valence-electron chi connectivity index (χ4n) is 3.03. The summed E-state index contributed by atoms with van der Waals surface area (Å²) in [5.41, 5.74) is 0.465. The van der Waals surface area contributed by atoms with Crippen LogP contribution in [-0.4, -0.2) is 44.6 Å². The summed E-state index contributed by atoms with van der Waals surface area (Å²) >= 11 is 6.28. The Hall–Kier alpha value is -4.11. The van der Waals surface area contributed by atoms with Crippen molar-refractivity contribution < 1.29 is 33.4 Å². The Morgan fingerprint density at radius 3 is 2.45 bits per heavy atom. The number of nitrogens with zero attached hydrogens (tertiary/aromatic N) is 1. The van der Waals surface area contributed by atoms with Crippen molar-refractivity contribution in [2.75, 3.05) is 25.7 Å². The maximum absolute atomic E-state index is 13.1. The molecule has 0 aliphatic carbocycles. The van der Waals surface area contributed by atoms with Crippen LogP contribution in [-0.2, 0) is 14.3 Å². The van der Waals surface area contributed by atoms with Gasteiger partial charge in [0.25, 0.3) is 11.8 Å². The number of urea groups is 1. The first-order valence-electron chi connectivity index (χ1n) is 9.51. The average Bonchev–Trinajstić information content (AvgIpc) is 2.80. The van der Waals surface area contributed by atoms with E-state index >= 15 is 0 Å². The quantitative estimate of drug-likeness (QED) is 0.286. The summed E-state index contributed by atoms with van der Waals surface area (Å²) in [4.78, 5) is 50.3. The molecule has 0 atom stereocenters. The fraction of sp³-hybridized carbons (Fsp3) is 0.130. The zero-order valence-electron chi connectivity index (χ0n) is 17.7. The van der Waals surface area contributed by atoms with Crippen molar-refractivity contribution in [3.63, 3.8) is 0 Å². The third-order valence-corrected chi connectivity index (χ3v) is 4.84. The molecule has 1 heterocycles. The Morgan fingerprint density at radius 1 is 1.15 bits per heavy atom. The maximum Gasteiger partial charge on any atom is 0.337 e. The van der Waals surface area contributed by atoms with E-state index < -0.39 is 23.8 Å². The van der Waals surface area contributed by atoms with E-state index in [9.17, 15) is 19.2 Å². The van der Waals surface area contributed by atoms with Crippen molar-refractivity contribution in [1.29, 1.82) is 0 Å². The monoisotopic (exact) mass is 470 g/mol. The normalized spacial score (nSPS) is 14.7. The predicted octanol–water partition coefficient (Wildman–Crippen LogP) is 3.37. The highest BCUT2D eigenvalue weighted by molar-refractivity contribution is 6.39. The predicted molar refractivity (Wildman–Crippen MR) is 120 cm³/mol. The van der Waals surface area contributed by atoms with Gasteiger partial charge in [-0.3, -0.25) is 14.9 Å². The van der Waals surface area contributed by atoms with E-state index in [1.165, 1.54) is 56.7 Å². The second kappa shape index (κ2) is 10.0. The van der Waals surface area contributed by atoms with Gasteiger partial charge in [-0.15, -0.1) is 0 Å². The zero-order valence-corrected chi connectivity index (χ0v) is 18.5. The number of barbiturate groups is 1. The van der Waals surface area contributed by atoms with Gasteiger partial charge in [0.05, 0.1) is 30.5 Å². The molecule has 2 aromatic rings. The number of benzene rings is 2. The van der Waals surface area contributed by atoms with Crippen molar-refractivity contribution in [3.05, 3.63) is 70.8 Å². The summed E-state index contributed by atoms with van der Waals surface area (Å²) in [5.74, 6) is -1.72. The summed E-state index contributed by atoms with van der Waals surface area (Å²) in [6, 6.07) is 7.68. The minimum absolute atomic E-state index is 0.160. The number of hydrogen-bond donors (Lipinski definition) is 1. The number of hydrogen-bond acceptors (Lipinski definition) is 7. The maximum atomic E-state index is 13.1. The molecule has 1 N–H and O–H groups in total. The highest BCUT2D eigenvalue weighted by atomic mass is 35.5. The van der Waals surface area contributed by atoms with Gasteiger partial charge in [-0.2, -0.15) is 0 Å². The second-order valence-corrected chi connectivity index (χ2v) is 7.04. The third-order valence-electron chi connectivity index (χ3n) is 4.56. The van der Waals surface area contributed by atoms with Gasteiger partial charge < -0.3 is 14.2 Å². The molecule has 1 aliphatic rings. The van der Waals surface area contributed by atoms with Gasteiger partial charge in [0.2, 0.25) is 0 Å². The molecule has 9 nitrogen and oxygen atoms in total. The SMILES string of the molecule is C=CCOc1c(Cl)cc(/C=C2\C(=O)NC(=O)N(c3ccc(C(=O)OC)cc3)C2=O)cc1OC. The molecule has 0 saturated carbocycles. The summed E-state index contributed by atoms with van der Waals surface area (Å²) < 4.78 is 15.4. The van der Waals surface area contributed by atoms with Crippen LogP contribution >= 0.6 is 11.6 Å². The Bertz CT molecular complexity index is 1170. The van der Waals surface area contributed by atoms with Gasteiger partial charge in [0.1, 0.15) is 12.2 Å². The van der Waals surface area contributed by atoms with E-state index in [0.717, 1.165) is 4.90 Å². The van der Waals surface area contributed by atoms with Crippen LogP contribution < -0.4 is 19.7 Å². The molecule has 0 spiro atoms. The topological polar surface area (TPSA) is 111 Å². The van der Waals surface area contributed by atoms with E-state index in [2.05, 4.69) is 16.6 Å². The molecule has 170 valence electrons. The van der Waals surface area contributed by atoms with Gasteiger partial charge in [-0.1, -0.05) is 24.3 Å². The highest BCUT2D eigenvalue weighted by Crippen LogP contribution is 2.37. The van der Waals surface area contributed by atoms with E-state index in [1.54, 1.807) is 6.08 Å². The Kier molecular flexibility index (Phi) is 7.14. The van der Waals surface area contributed by atoms with Crippen LogP contribution in [0.25, 0.3) is 6.08 Å². The molecule has 33 heavy (non-hydrogen) atoms. The number of anilines is 1. The number of carbonyl (C=O) groups excluding carboxylic acids is 4. The first-order valence-corrected chi connectivity index (χ1v) is 9.89. The van der Waals surface area contributed by atoms with Crippen LogP contribution in [0.1, 0.15) is 15.9 Å². The van der Waals surface area contributed by atoms with Crippen molar-refractivity contribution in [2.45, 2.75) is 0 Å². The lowest BCUT2D eigenvalue weighted by atomic mass is 10.1. The molecule has 0 unspecified atom stereocenters. The van der Waals surface area contributed by atoms with Gasteiger partial charge in [0.15, 0.2) is 11.5 Å². The smallest absolute Gasteiger partial charge is 0.337 e. The number of rotatable bonds is 7. The average molecular weight is 471 g/mol. The Morgan fingerprint density at radius 2 is 1.85 bits per heavy atom.